The number of nitrogens with one attached hydrogen (secondary N) is 3. The quantitative estimate of drug-likeness (QED) is 0.489. The van der Waals surface area contributed by atoms with Gasteiger partial charge in [-0.05, 0) is 54.8 Å². The van der Waals surface area contributed by atoms with E-state index in [1.165, 1.54) is 12.1 Å². The molecule has 2 aromatic carbocycles. The molecule has 0 bridgehead atoms. The van der Waals surface area contributed by atoms with Crippen LogP contribution in [0.3, 0.4) is 0 Å². The fraction of sp³-hybridized carbons (Fsp3) is 0.240. The Bertz CT molecular complexity index is 1130. The lowest BCUT2D eigenvalue weighted by Crippen LogP contribution is -2.42. The number of amides is 3. The first-order chi connectivity index (χ1) is 16.0. The van der Waals surface area contributed by atoms with Gasteiger partial charge in [0.15, 0.2) is 0 Å². The van der Waals surface area contributed by atoms with Crippen LogP contribution in [-0.2, 0) is 9.59 Å². The molecular formula is C25H24FN3O4. The van der Waals surface area contributed by atoms with Gasteiger partial charge < -0.3 is 20.4 Å². The largest absolute Gasteiger partial charge is 0.469 e. The Balaban J connectivity index is 1.29. The molecule has 1 aromatic heterocycles. The first kappa shape index (κ1) is 22.3. The van der Waals surface area contributed by atoms with Crippen molar-refractivity contribution in [2.24, 2.45) is 0 Å². The first-order valence-corrected chi connectivity index (χ1v) is 10.8. The maximum atomic E-state index is 13.3. The van der Waals surface area contributed by atoms with Gasteiger partial charge in [0, 0.05) is 18.9 Å². The van der Waals surface area contributed by atoms with E-state index < -0.39 is 6.04 Å². The number of para-hydroxylation sites is 1. The number of anilines is 1. The average molecular weight is 449 g/mol. The van der Waals surface area contributed by atoms with E-state index >= 15 is 0 Å². The lowest BCUT2D eigenvalue weighted by molar-refractivity contribution is -0.121. The minimum Gasteiger partial charge on any atom is -0.469 e. The maximum Gasteiger partial charge on any atom is 0.254 e. The van der Waals surface area contributed by atoms with Crippen LogP contribution in [0.1, 0.15) is 46.9 Å². The molecule has 33 heavy (non-hydrogen) atoms. The monoisotopic (exact) mass is 449 g/mol. The number of rotatable bonds is 8. The Labute approximate surface area is 190 Å². The molecule has 0 fully saturated rings. The van der Waals surface area contributed by atoms with Crippen molar-refractivity contribution in [2.75, 3.05) is 11.9 Å². The zero-order chi connectivity index (χ0) is 23.2. The van der Waals surface area contributed by atoms with Gasteiger partial charge in [-0.15, -0.1) is 0 Å². The van der Waals surface area contributed by atoms with Crippen LogP contribution in [0.15, 0.2) is 71.3 Å². The summed E-state index contributed by atoms with van der Waals surface area (Å²) >= 11 is 0. The van der Waals surface area contributed by atoms with E-state index in [0.29, 0.717) is 24.2 Å². The minimum atomic E-state index is -0.800. The summed E-state index contributed by atoms with van der Waals surface area (Å²) in [7, 11) is 0. The minimum absolute atomic E-state index is 0.0800. The molecule has 1 aliphatic rings. The molecule has 0 saturated heterocycles. The summed E-state index contributed by atoms with van der Waals surface area (Å²) in [6.45, 7) is 0.371. The van der Waals surface area contributed by atoms with Crippen LogP contribution in [0, 0.1) is 5.82 Å². The lowest BCUT2D eigenvalue weighted by atomic mass is 9.93. The van der Waals surface area contributed by atoms with Gasteiger partial charge in [0.25, 0.3) is 5.91 Å². The fourth-order valence-corrected chi connectivity index (χ4v) is 3.89. The van der Waals surface area contributed by atoms with Crippen LogP contribution in [0.25, 0.3) is 0 Å². The molecule has 0 aliphatic carbocycles. The highest BCUT2D eigenvalue weighted by Gasteiger charge is 2.28. The number of halogens is 1. The van der Waals surface area contributed by atoms with E-state index in [1.54, 1.807) is 48.7 Å². The van der Waals surface area contributed by atoms with Gasteiger partial charge in [0.05, 0.1) is 17.5 Å². The fourth-order valence-electron chi connectivity index (χ4n) is 3.89. The summed E-state index contributed by atoms with van der Waals surface area (Å²) in [4.78, 5) is 37.2. The van der Waals surface area contributed by atoms with Gasteiger partial charge in [-0.2, -0.15) is 0 Å². The number of carbonyl (C=O) groups is 3. The predicted octanol–water partition coefficient (Wildman–Crippen LogP) is 3.59. The van der Waals surface area contributed by atoms with E-state index in [-0.39, 0.29) is 42.3 Å². The molecule has 1 aliphatic heterocycles. The number of fused-ring (bicyclic) bond motifs is 1. The molecular weight excluding hydrogens is 425 g/mol. The van der Waals surface area contributed by atoms with Gasteiger partial charge in [0.2, 0.25) is 11.8 Å². The third-order valence-corrected chi connectivity index (χ3v) is 5.63. The highest BCUT2D eigenvalue weighted by molar-refractivity contribution is 6.09. The normalized spacial score (nSPS) is 16.2. The van der Waals surface area contributed by atoms with Gasteiger partial charge in [-0.1, -0.05) is 24.3 Å². The lowest BCUT2D eigenvalue weighted by Gasteiger charge is -2.17. The van der Waals surface area contributed by atoms with Gasteiger partial charge in [0.1, 0.15) is 17.6 Å². The van der Waals surface area contributed by atoms with Gasteiger partial charge in [-0.25, -0.2) is 4.39 Å². The molecule has 7 nitrogen and oxygen atoms in total. The summed E-state index contributed by atoms with van der Waals surface area (Å²) in [5.74, 6) is -0.649. The number of carbonyl (C=O) groups excluding carboxylic acids is 3. The van der Waals surface area contributed by atoms with Crippen molar-refractivity contribution in [3.05, 3.63) is 89.6 Å². The number of benzene rings is 2. The second kappa shape index (κ2) is 10.1. The second-order valence-electron chi connectivity index (χ2n) is 7.86. The standard InChI is InChI=1S/C25H24FN3O4/c26-17-9-7-16(8-10-17)18(22-6-3-15-33-22)13-14-27-23(30)12-11-21-25(32)28-20-5-2-1-4-19(20)24(31)29-21/h1-10,15,18,21H,11-14H2,(H,27,30)(H,28,32)(H,29,31). The Hall–Kier alpha value is -3.94. The highest BCUT2D eigenvalue weighted by Crippen LogP contribution is 2.28. The van der Waals surface area contributed by atoms with Crippen molar-refractivity contribution in [3.8, 4) is 0 Å². The Morgan fingerprint density at radius 1 is 1.06 bits per heavy atom. The molecule has 3 aromatic rings. The molecule has 2 heterocycles. The number of furan rings is 1. The summed E-state index contributed by atoms with van der Waals surface area (Å²) < 4.78 is 18.8. The average Bonchev–Trinajstić information content (AvgIpc) is 3.31. The number of hydrogen-bond acceptors (Lipinski definition) is 4. The zero-order valence-electron chi connectivity index (χ0n) is 17.8. The van der Waals surface area contributed by atoms with Crippen LogP contribution < -0.4 is 16.0 Å². The Morgan fingerprint density at radius 3 is 2.61 bits per heavy atom. The SMILES string of the molecule is O=C(CCC1NC(=O)c2ccccc2NC1=O)NCCC(c1ccc(F)cc1)c1ccco1. The molecule has 2 unspecified atom stereocenters. The molecule has 4 rings (SSSR count). The second-order valence-corrected chi connectivity index (χ2v) is 7.86. The van der Waals surface area contributed by atoms with Gasteiger partial charge >= 0.3 is 0 Å². The van der Waals surface area contributed by atoms with Crippen molar-refractivity contribution >= 4 is 23.4 Å². The van der Waals surface area contributed by atoms with Crippen LogP contribution in [0.4, 0.5) is 10.1 Å². The van der Waals surface area contributed by atoms with Crippen molar-refractivity contribution in [2.45, 2.75) is 31.2 Å². The first-order valence-electron chi connectivity index (χ1n) is 10.8. The van der Waals surface area contributed by atoms with Gasteiger partial charge in [-0.3, -0.25) is 14.4 Å². The van der Waals surface area contributed by atoms with E-state index in [4.69, 9.17) is 4.42 Å². The molecule has 8 heteroatoms. The van der Waals surface area contributed by atoms with E-state index in [1.807, 2.05) is 6.07 Å². The summed E-state index contributed by atoms with van der Waals surface area (Å²) in [6, 6.07) is 15.8. The molecule has 170 valence electrons. The van der Waals surface area contributed by atoms with Crippen molar-refractivity contribution in [1.29, 1.82) is 0 Å². The predicted molar refractivity (Wildman–Crippen MR) is 120 cm³/mol. The molecule has 0 radical (unpaired) electrons. The Morgan fingerprint density at radius 2 is 1.85 bits per heavy atom. The molecule has 0 saturated carbocycles. The van der Waals surface area contributed by atoms with E-state index in [2.05, 4.69) is 16.0 Å². The number of hydrogen-bond donors (Lipinski definition) is 3. The maximum absolute atomic E-state index is 13.3. The highest BCUT2D eigenvalue weighted by atomic mass is 19.1. The molecule has 2 atom stereocenters. The Kier molecular flexibility index (Phi) is 6.83. The molecule has 3 N–H and O–H groups in total. The summed E-state index contributed by atoms with van der Waals surface area (Å²) in [5, 5.41) is 8.27. The van der Waals surface area contributed by atoms with Crippen LogP contribution in [-0.4, -0.2) is 30.3 Å². The third kappa shape index (κ3) is 5.46. The summed E-state index contributed by atoms with van der Waals surface area (Å²) in [6.07, 6.45) is 2.39. The van der Waals surface area contributed by atoms with E-state index in [9.17, 15) is 18.8 Å². The van der Waals surface area contributed by atoms with Crippen LogP contribution in [0.5, 0.6) is 0 Å². The smallest absolute Gasteiger partial charge is 0.254 e. The zero-order valence-corrected chi connectivity index (χ0v) is 17.8. The van der Waals surface area contributed by atoms with Crippen LogP contribution >= 0.6 is 0 Å². The van der Waals surface area contributed by atoms with Crippen molar-refractivity contribution < 1.29 is 23.2 Å². The summed E-state index contributed by atoms with van der Waals surface area (Å²) in [5.41, 5.74) is 1.73. The third-order valence-electron chi connectivity index (χ3n) is 5.63. The van der Waals surface area contributed by atoms with Crippen molar-refractivity contribution in [1.82, 2.24) is 10.6 Å². The van der Waals surface area contributed by atoms with Crippen molar-refractivity contribution in [3.63, 3.8) is 0 Å². The topological polar surface area (TPSA) is 100 Å². The van der Waals surface area contributed by atoms with Crippen LogP contribution in [0.2, 0.25) is 0 Å². The van der Waals surface area contributed by atoms with E-state index in [0.717, 1.165) is 11.3 Å². The molecule has 0 spiro atoms. The molecule has 3 amide bonds.